The molecule has 0 spiro atoms. The molecule has 0 unspecified atom stereocenters. The van der Waals surface area contributed by atoms with Gasteiger partial charge in [0.25, 0.3) is 0 Å². The van der Waals surface area contributed by atoms with E-state index in [1.54, 1.807) is 0 Å². The fourth-order valence-electron chi connectivity index (χ4n) is 1.31. The van der Waals surface area contributed by atoms with Gasteiger partial charge in [-0.2, -0.15) is 0 Å². The van der Waals surface area contributed by atoms with Crippen molar-refractivity contribution in [3.63, 3.8) is 0 Å². The van der Waals surface area contributed by atoms with E-state index in [1.807, 2.05) is 6.92 Å². The number of hydrogen-bond acceptors (Lipinski definition) is 4. The number of para-hydroxylation sites is 1. The van der Waals surface area contributed by atoms with Crippen molar-refractivity contribution in [1.29, 1.82) is 0 Å². The first-order valence-electron chi connectivity index (χ1n) is 5.43. The lowest BCUT2D eigenvalue weighted by molar-refractivity contribution is -0.386. The van der Waals surface area contributed by atoms with E-state index < -0.39 is 10.7 Å². The van der Waals surface area contributed by atoms with Gasteiger partial charge in [0.15, 0.2) is 5.82 Å². The van der Waals surface area contributed by atoms with Gasteiger partial charge in [0, 0.05) is 12.6 Å². The Morgan fingerprint density at radius 2 is 2.24 bits per heavy atom. The predicted molar refractivity (Wildman–Crippen MR) is 61.7 cm³/mol. The maximum Gasteiger partial charge on any atom is 0.314 e. The van der Waals surface area contributed by atoms with Crippen molar-refractivity contribution in [2.45, 2.75) is 13.3 Å². The van der Waals surface area contributed by atoms with Crippen LogP contribution in [0.25, 0.3) is 0 Å². The molecule has 0 aliphatic carbocycles. The third-order valence-corrected chi connectivity index (χ3v) is 2.09. The van der Waals surface area contributed by atoms with Gasteiger partial charge in [-0.1, -0.05) is 13.0 Å². The number of benzene rings is 1. The van der Waals surface area contributed by atoms with Gasteiger partial charge in [-0.15, -0.1) is 0 Å². The highest BCUT2D eigenvalue weighted by molar-refractivity contribution is 5.46. The lowest BCUT2D eigenvalue weighted by Gasteiger charge is -2.08. The largest absolute Gasteiger partial charge is 0.483 e. The minimum Gasteiger partial charge on any atom is -0.483 e. The fourth-order valence-corrected chi connectivity index (χ4v) is 1.31. The summed E-state index contributed by atoms with van der Waals surface area (Å²) in [6.07, 6.45) is 0.986. The molecule has 1 aromatic rings. The molecule has 0 atom stereocenters. The number of nitro benzene ring substituents is 1. The van der Waals surface area contributed by atoms with E-state index in [2.05, 4.69) is 5.32 Å². The second-order valence-electron chi connectivity index (χ2n) is 3.44. The first-order chi connectivity index (χ1) is 8.16. The molecule has 0 radical (unpaired) electrons. The molecular formula is C11H15FN2O3. The Balaban J connectivity index is 2.60. The molecule has 0 fully saturated rings. The third-order valence-electron chi connectivity index (χ3n) is 2.09. The minimum absolute atomic E-state index is 0.196. The van der Waals surface area contributed by atoms with Crippen molar-refractivity contribution in [3.8, 4) is 5.75 Å². The molecular weight excluding hydrogens is 227 g/mol. The predicted octanol–water partition coefficient (Wildman–Crippen LogP) is 2.11. The van der Waals surface area contributed by atoms with Gasteiger partial charge >= 0.3 is 5.69 Å². The molecule has 0 aliphatic heterocycles. The maximum absolute atomic E-state index is 13.3. The monoisotopic (exact) mass is 242 g/mol. The Hall–Kier alpha value is -1.69. The van der Waals surface area contributed by atoms with E-state index >= 15 is 0 Å². The van der Waals surface area contributed by atoms with E-state index in [1.165, 1.54) is 12.1 Å². The third kappa shape index (κ3) is 3.99. The summed E-state index contributed by atoms with van der Waals surface area (Å²) in [6, 6.07) is 3.65. The zero-order valence-corrected chi connectivity index (χ0v) is 9.61. The quantitative estimate of drug-likeness (QED) is 0.452. The number of nitrogens with one attached hydrogen (secondary N) is 1. The number of ether oxygens (including phenoxy) is 1. The maximum atomic E-state index is 13.3. The summed E-state index contributed by atoms with van der Waals surface area (Å²) in [7, 11) is 0. The lowest BCUT2D eigenvalue weighted by atomic mass is 10.3. The molecule has 1 rings (SSSR count). The zero-order valence-electron chi connectivity index (χ0n) is 9.61. The summed E-state index contributed by atoms with van der Waals surface area (Å²) < 4.78 is 18.4. The topological polar surface area (TPSA) is 64.4 Å². The van der Waals surface area contributed by atoms with E-state index in [-0.39, 0.29) is 18.0 Å². The summed E-state index contributed by atoms with van der Waals surface area (Å²) in [4.78, 5) is 10.00. The van der Waals surface area contributed by atoms with Crippen LogP contribution in [-0.2, 0) is 0 Å². The van der Waals surface area contributed by atoms with Gasteiger partial charge in [-0.25, -0.2) is 4.39 Å². The van der Waals surface area contributed by atoms with Crippen molar-refractivity contribution < 1.29 is 14.1 Å². The Morgan fingerprint density at radius 3 is 2.88 bits per heavy atom. The lowest BCUT2D eigenvalue weighted by Crippen LogP contribution is -2.22. The molecule has 0 aromatic heterocycles. The van der Waals surface area contributed by atoms with Crippen molar-refractivity contribution in [2.75, 3.05) is 19.7 Å². The molecule has 0 saturated carbocycles. The van der Waals surface area contributed by atoms with Crippen molar-refractivity contribution in [2.24, 2.45) is 0 Å². The second-order valence-corrected chi connectivity index (χ2v) is 3.44. The van der Waals surface area contributed by atoms with Crippen LogP contribution in [0.3, 0.4) is 0 Å². The van der Waals surface area contributed by atoms with E-state index in [9.17, 15) is 14.5 Å². The Kier molecular flexibility index (Phi) is 5.35. The van der Waals surface area contributed by atoms with Gasteiger partial charge in [-0.3, -0.25) is 10.1 Å². The van der Waals surface area contributed by atoms with Gasteiger partial charge in [0.2, 0.25) is 5.75 Å². The average Bonchev–Trinajstić information content (AvgIpc) is 2.30. The number of nitrogens with zero attached hydrogens (tertiary/aromatic N) is 1. The van der Waals surface area contributed by atoms with Crippen LogP contribution in [0.4, 0.5) is 10.1 Å². The normalized spacial score (nSPS) is 10.2. The smallest absolute Gasteiger partial charge is 0.314 e. The average molecular weight is 242 g/mol. The first kappa shape index (κ1) is 13.4. The fraction of sp³-hybridized carbons (Fsp3) is 0.455. The molecule has 6 heteroatoms. The molecule has 1 N–H and O–H groups in total. The van der Waals surface area contributed by atoms with Crippen molar-refractivity contribution in [1.82, 2.24) is 5.32 Å². The van der Waals surface area contributed by atoms with E-state index in [0.717, 1.165) is 19.0 Å². The Bertz CT molecular complexity index is 385. The van der Waals surface area contributed by atoms with Crippen LogP contribution >= 0.6 is 0 Å². The summed E-state index contributed by atoms with van der Waals surface area (Å²) in [5.74, 6) is -1.01. The highest BCUT2D eigenvalue weighted by Crippen LogP contribution is 2.29. The molecule has 1 aromatic carbocycles. The summed E-state index contributed by atoms with van der Waals surface area (Å²) in [5.41, 5.74) is -0.347. The first-order valence-corrected chi connectivity index (χ1v) is 5.43. The summed E-state index contributed by atoms with van der Waals surface area (Å²) >= 11 is 0. The van der Waals surface area contributed by atoms with Crippen LogP contribution < -0.4 is 10.1 Å². The van der Waals surface area contributed by atoms with E-state index in [0.29, 0.717) is 6.54 Å². The zero-order chi connectivity index (χ0) is 12.7. The summed E-state index contributed by atoms with van der Waals surface area (Å²) in [5, 5.41) is 13.7. The molecule has 5 nitrogen and oxygen atoms in total. The number of hydrogen-bond donors (Lipinski definition) is 1. The molecule has 0 bridgehead atoms. The highest BCUT2D eigenvalue weighted by Gasteiger charge is 2.18. The van der Waals surface area contributed by atoms with Gasteiger partial charge in [0.05, 0.1) is 4.92 Å². The molecule has 94 valence electrons. The van der Waals surface area contributed by atoms with Gasteiger partial charge < -0.3 is 10.1 Å². The van der Waals surface area contributed by atoms with Crippen LogP contribution in [-0.4, -0.2) is 24.6 Å². The Labute approximate surface area is 98.7 Å². The minimum atomic E-state index is -0.713. The summed E-state index contributed by atoms with van der Waals surface area (Å²) in [6.45, 7) is 3.58. The van der Waals surface area contributed by atoms with Crippen LogP contribution in [0, 0.1) is 15.9 Å². The number of rotatable bonds is 7. The molecule has 17 heavy (non-hydrogen) atoms. The second kappa shape index (κ2) is 6.80. The molecule has 0 heterocycles. The van der Waals surface area contributed by atoms with Gasteiger partial charge in [-0.05, 0) is 19.0 Å². The standard InChI is InChI=1S/C11H15FN2O3/c1-2-6-13-7-8-17-11-9(12)4-3-5-10(11)14(15)16/h3-5,13H,2,6-8H2,1H3. The van der Waals surface area contributed by atoms with Crippen LogP contribution in [0.1, 0.15) is 13.3 Å². The number of nitro groups is 1. The van der Waals surface area contributed by atoms with Gasteiger partial charge in [0.1, 0.15) is 6.61 Å². The molecule has 0 amide bonds. The number of halogens is 1. The highest BCUT2D eigenvalue weighted by atomic mass is 19.1. The van der Waals surface area contributed by atoms with Crippen LogP contribution in [0.2, 0.25) is 0 Å². The molecule has 0 saturated heterocycles. The van der Waals surface area contributed by atoms with Crippen molar-refractivity contribution in [3.05, 3.63) is 34.1 Å². The van der Waals surface area contributed by atoms with Crippen LogP contribution in [0.15, 0.2) is 18.2 Å². The Morgan fingerprint density at radius 1 is 1.47 bits per heavy atom. The van der Waals surface area contributed by atoms with E-state index in [4.69, 9.17) is 4.74 Å². The SMILES string of the molecule is CCCNCCOc1c(F)cccc1[N+](=O)[O-]. The molecule has 0 aliphatic rings. The van der Waals surface area contributed by atoms with Crippen LogP contribution in [0.5, 0.6) is 5.75 Å². The van der Waals surface area contributed by atoms with Crippen molar-refractivity contribution >= 4 is 5.69 Å².